The summed E-state index contributed by atoms with van der Waals surface area (Å²) in [5, 5.41) is 9.47. The molecule has 0 aliphatic carbocycles. The van der Waals surface area contributed by atoms with Gasteiger partial charge in [-0.2, -0.15) is 9.83 Å². The van der Waals surface area contributed by atoms with Gasteiger partial charge in [0, 0.05) is 62.1 Å². The van der Waals surface area contributed by atoms with E-state index in [2.05, 4.69) is 6.07 Å². The molecule has 1 aliphatic heterocycles. The number of rotatable bonds is 13. The van der Waals surface area contributed by atoms with Crippen LogP contribution in [0, 0.1) is 17.2 Å². The van der Waals surface area contributed by atoms with Crippen molar-refractivity contribution in [3.8, 4) is 6.07 Å². The van der Waals surface area contributed by atoms with Gasteiger partial charge in [-0.25, -0.2) is 9.46 Å². The van der Waals surface area contributed by atoms with Crippen LogP contribution in [0.2, 0.25) is 0 Å². The zero-order valence-electron chi connectivity index (χ0n) is 25.6. The Morgan fingerprint density at radius 2 is 1.73 bits per heavy atom. The van der Waals surface area contributed by atoms with Gasteiger partial charge in [0.15, 0.2) is 7.29 Å². The average molecular weight is 653 g/mol. The summed E-state index contributed by atoms with van der Waals surface area (Å²) in [5.74, 6) is -0.906. The third-order valence-corrected chi connectivity index (χ3v) is 13.6. The summed E-state index contributed by atoms with van der Waals surface area (Å²) < 4.78 is 62.1. The molecular formula is C29H39FN4O8P2. The second kappa shape index (κ2) is 14.9. The van der Waals surface area contributed by atoms with Crippen molar-refractivity contribution in [2.45, 2.75) is 63.8 Å². The molecule has 0 amide bonds. The van der Waals surface area contributed by atoms with Gasteiger partial charge >= 0.3 is 13.3 Å². The fourth-order valence-corrected chi connectivity index (χ4v) is 9.86. The molecule has 0 spiro atoms. The van der Waals surface area contributed by atoms with Crippen molar-refractivity contribution in [1.29, 1.82) is 5.26 Å². The topological polar surface area (TPSA) is 150 Å². The number of nitrogens with zero attached hydrogens (tertiary/aromatic N) is 4. The zero-order valence-corrected chi connectivity index (χ0v) is 27.4. The molecule has 3 rings (SSSR count). The highest BCUT2D eigenvalue weighted by Gasteiger charge is 2.53. The van der Waals surface area contributed by atoms with Crippen LogP contribution >= 0.6 is 14.9 Å². The normalized spacial score (nSPS) is 21.0. The molecule has 1 aromatic heterocycles. The maximum atomic E-state index is 15.2. The molecular weight excluding hydrogens is 613 g/mol. The summed E-state index contributed by atoms with van der Waals surface area (Å²) in [6.07, 6.45) is -0.0764. The lowest BCUT2D eigenvalue weighted by molar-refractivity contribution is -0.00324. The van der Waals surface area contributed by atoms with Crippen LogP contribution in [0.25, 0.3) is 0 Å². The van der Waals surface area contributed by atoms with E-state index in [1.54, 1.807) is 50.6 Å². The molecule has 4 atom stereocenters. The van der Waals surface area contributed by atoms with Gasteiger partial charge in [-0.1, -0.05) is 45.9 Å². The number of alkyl halides is 1. The van der Waals surface area contributed by atoms with Gasteiger partial charge in [0.2, 0.25) is 0 Å². The summed E-state index contributed by atoms with van der Waals surface area (Å²) in [7, 11) is -4.71. The molecule has 2 heterocycles. The summed E-state index contributed by atoms with van der Waals surface area (Å²) in [4.78, 5) is 39.7. The van der Waals surface area contributed by atoms with Gasteiger partial charge in [0.05, 0.1) is 30.8 Å². The fraction of sp³-hybridized carbons (Fsp3) is 0.517. The molecule has 0 bridgehead atoms. The Morgan fingerprint density at radius 3 is 2.25 bits per heavy atom. The Hall–Kier alpha value is -2.97. The van der Waals surface area contributed by atoms with Crippen molar-refractivity contribution >= 4 is 20.8 Å². The van der Waals surface area contributed by atoms with Crippen molar-refractivity contribution in [3.63, 3.8) is 0 Å². The SMILES string of the molecule is COP(=O)(/C=C/[C@H]1O[C@@H](n2ccc(=O)n(C(=O)c3ccccc3)c2=O)[C@H](CF)[C@@H]1N(CCC#N)P(=O)(C(C)C)C(C)C)OC. The standard InChI is InChI=1S/C29H39FN4O8P2/c1-20(2)44(39,21(3)4)33(16-10-15-31)26-23(19-30)28(42-24(26)14-18-43(38,40-5)41-6)32-17-13-25(35)34(29(32)37)27(36)22-11-8-7-9-12-22/h7-9,11-14,17-18,20-21,23-24,26,28H,10,16,19H2,1-6H3/b18-14+/t23-,24-,26+,28-/m1/s1. The molecule has 0 N–H and O–H groups in total. The van der Waals surface area contributed by atoms with E-state index in [0.717, 1.165) is 22.6 Å². The van der Waals surface area contributed by atoms with Gasteiger partial charge < -0.3 is 18.3 Å². The molecule has 1 aliphatic rings. The number of hydrogen-bond acceptors (Lipinski definition) is 9. The van der Waals surface area contributed by atoms with Crippen LogP contribution in [0.3, 0.4) is 0 Å². The van der Waals surface area contributed by atoms with E-state index < -0.39 is 74.3 Å². The molecule has 1 saturated heterocycles. The maximum Gasteiger partial charge on any atom is 0.353 e. The first-order valence-electron chi connectivity index (χ1n) is 14.1. The predicted octanol–water partition coefficient (Wildman–Crippen LogP) is 4.86. The number of carbonyl (C=O) groups is 1. The lowest BCUT2D eigenvalue weighted by Gasteiger charge is -2.43. The van der Waals surface area contributed by atoms with Crippen molar-refractivity contribution in [2.75, 3.05) is 27.4 Å². The number of benzene rings is 1. The van der Waals surface area contributed by atoms with E-state index in [9.17, 15) is 28.8 Å². The Morgan fingerprint density at radius 1 is 1.11 bits per heavy atom. The zero-order chi connectivity index (χ0) is 32.8. The van der Waals surface area contributed by atoms with Crippen LogP contribution in [0.1, 0.15) is 50.7 Å². The van der Waals surface area contributed by atoms with E-state index in [0.29, 0.717) is 4.57 Å². The van der Waals surface area contributed by atoms with Crippen LogP contribution < -0.4 is 11.2 Å². The highest BCUT2D eigenvalue weighted by molar-refractivity contribution is 7.62. The van der Waals surface area contributed by atoms with E-state index in [4.69, 9.17) is 13.8 Å². The summed E-state index contributed by atoms with van der Waals surface area (Å²) in [5.41, 5.74) is -2.66. The lowest BCUT2D eigenvalue weighted by atomic mass is 9.97. The molecule has 1 fully saturated rings. The van der Waals surface area contributed by atoms with Crippen molar-refractivity contribution < 1.29 is 32.1 Å². The van der Waals surface area contributed by atoms with E-state index in [1.807, 2.05) is 0 Å². The number of carbonyl (C=O) groups excluding carboxylic acids is 1. The largest absolute Gasteiger partial charge is 0.353 e. The van der Waals surface area contributed by atoms with Crippen LogP contribution in [0.4, 0.5) is 4.39 Å². The first kappa shape index (κ1) is 35.5. The second-order valence-electron chi connectivity index (χ2n) is 10.8. The van der Waals surface area contributed by atoms with Gasteiger partial charge in [-0.15, -0.1) is 0 Å². The Balaban J connectivity index is 2.27. The predicted molar refractivity (Wildman–Crippen MR) is 164 cm³/mol. The average Bonchev–Trinajstić information content (AvgIpc) is 3.37. The fourth-order valence-electron chi connectivity index (χ4n) is 5.58. The Labute approximate surface area is 256 Å². The number of halogens is 1. The van der Waals surface area contributed by atoms with Crippen molar-refractivity contribution in [3.05, 3.63) is 80.9 Å². The second-order valence-corrected chi connectivity index (χ2v) is 16.9. The van der Waals surface area contributed by atoms with Gasteiger partial charge in [-0.05, 0) is 18.2 Å². The number of ether oxygens (including phenoxy) is 1. The molecule has 2 aromatic rings. The number of nitriles is 1. The number of aromatic nitrogens is 2. The first-order valence-corrected chi connectivity index (χ1v) is 17.5. The van der Waals surface area contributed by atoms with Crippen molar-refractivity contribution in [2.24, 2.45) is 5.92 Å². The van der Waals surface area contributed by atoms with Crippen LogP contribution in [-0.2, 0) is 22.9 Å². The molecule has 12 nitrogen and oxygen atoms in total. The van der Waals surface area contributed by atoms with Crippen LogP contribution in [0.5, 0.6) is 0 Å². The minimum Gasteiger partial charge on any atom is -0.348 e. The van der Waals surface area contributed by atoms with Crippen molar-refractivity contribution in [1.82, 2.24) is 13.8 Å². The van der Waals surface area contributed by atoms with E-state index >= 15 is 4.39 Å². The first-order chi connectivity index (χ1) is 20.8. The molecule has 0 unspecified atom stereocenters. The van der Waals surface area contributed by atoms with E-state index in [-0.39, 0.29) is 18.5 Å². The smallest absolute Gasteiger partial charge is 0.348 e. The summed E-state index contributed by atoms with van der Waals surface area (Å²) >= 11 is 0. The highest BCUT2D eigenvalue weighted by Crippen LogP contribution is 2.62. The number of hydrogen-bond donors (Lipinski definition) is 0. The van der Waals surface area contributed by atoms with Gasteiger partial charge in [0.1, 0.15) is 6.23 Å². The highest BCUT2D eigenvalue weighted by atomic mass is 31.2. The van der Waals surface area contributed by atoms with Gasteiger partial charge in [-0.3, -0.25) is 23.1 Å². The summed E-state index contributed by atoms with van der Waals surface area (Å²) in [6, 6.07) is 9.77. The van der Waals surface area contributed by atoms with Crippen LogP contribution in [0.15, 0.2) is 64.1 Å². The lowest BCUT2D eigenvalue weighted by Crippen LogP contribution is -2.48. The third kappa shape index (κ3) is 6.96. The molecule has 1 aromatic carbocycles. The van der Waals surface area contributed by atoms with E-state index in [1.165, 1.54) is 32.4 Å². The minimum atomic E-state index is -3.73. The molecule has 0 saturated carbocycles. The monoisotopic (exact) mass is 652 g/mol. The molecule has 44 heavy (non-hydrogen) atoms. The third-order valence-electron chi connectivity index (χ3n) is 7.77. The quantitative estimate of drug-likeness (QED) is 0.275. The van der Waals surface area contributed by atoms with Crippen LogP contribution in [-0.4, -0.2) is 70.6 Å². The summed E-state index contributed by atoms with van der Waals surface area (Å²) in [6.45, 7) is 6.05. The Bertz CT molecular complexity index is 1580. The van der Waals surface area contributed by atoms with Gasteiger partial charge in [0.25, 0.3) is 11.5 Å². The molecule has 15 heteroatoms. The molecule has 240 valence electrons. The molecule has 0 radical (unpaired) electrons. The minimum absolute atomic E-state index is 0.00116. The maximum absolute atomic E-state index is 15.2. The Kier molecular flexibility index (Phi) is 12.0.